The maximum atomic E-state index is 2.60. The smallest absolute Gasteiger partial charge is 0.0465 e. The van der Waals surface area contributed by atoms with Gasteiger partial charge in [-0.25, -0.2) is 0 Å². The second kappa shape index (κ2) is 17.9. The third-order valence-electron chi connectivity index (χ3n) is 19.4. The van der Waals surface area contributed by atoms with Crippen molar-refractivity contribution in [2.45, 2.75) is 109 Å². The average molecular weight is 1020 g/mol. The molecule has 2 atom stereocenters. The minimum Gasteiger partial charge on any atom is -0.310 e. The average Bonchev–Trinajstić information content (AvgIpc) is 4.13. The second-order valence-corrected chi connectivity index (χ2v) is 24.7. The zero-order valence-corrected chi connectivity index (χ0v) is 47.4. The van der Waals surface area contributed by atoms with Crippen molar-refractivity contribution in [3.63, 3.8) is 0 Å². The van der Waals surface area contributed by atoms with Crippen LogP contribution in [0.15, 0.2) is 218 Å². The van der Waals surface area contributed by atoms with Gasteiger partial charge in [-0.15, -0.1) is 0 Å². The van der Waals surface area contributed by atoms with E-state index in [1.54, 1.807) is 0 Å². The summed E-state index contributed by atoms with van der Waals surface area (Å²) in [6.45, 7) is 21.5. The molecule has 0 aliphatic heterocycles. The standard InChI is InChI=1S/C77H70N2/c1-10-22-58(50-31-35-54(36-32-50)78(52-23-14-12-15-24-52)56-39-41-61-59-27-18-20-29-66(59)74(4,5)68(61)44-56)63-46-70-64(43-49(63)3)65-47-72-73(48-71(65)76(70,8)9)77(72,11-2)51-33-37-55(38-34-51)79(53-25-16-13-17-26-53)57-40-42-62-60-28-19-21-30-67(60)75(6,7)69(62)45-57/h12-21,23-48,58H,10-11,22H2,1-9H3. The van der Waals surface area contributed by atoms with Crippen LogP contribution in [0.2, 0.25) is 0 Å². The molecule has 0 radical (unpaired) electrons. The van der Waals surface area contributed by atoms with E-state index < -0.39 is 0 Å². The molecule has 0 amide bonds. The summed E-state index contributed by atoms with van der Waals surface area (Å²) in [5, 5.41) is 0. The largest absolute Gasteiger partial charge is 0.310 e. The first-order valence-electron chi connectivity index (χ1n) is 29.0. The van der Waals surface area contributed by atoms with Crippen LogP contribution in [0.25, 0.3) is 33.4 Å². The topological polar surface area (TPSA) is 6.48 Å². The number of fused-ring (bicyclic) bond motifs is 10. The molecule has 0 heterocycles. The summed E-state index contributed by atoms with van der Waals surface area (Å²) in [6.07, 6.45) is 3.22. The summed E-state index contributed by atoms with van der Waals surface area (Å²) in [7, 11) is 0. The Labute approximate surface area is 469 Å². The maximum absolute atomic E-state index is 2.60. The summed E-state index contributed by atoms with van der Waals surface area (Å²) in [5.74, 6) is 0.285. The molecule has 2 unspecified atom stereocenters. The molecule has 0 fully saturated rings. The second-order valence-electron chi connectivity index (χ2n) is 24.7. The van der Waals surface area contributed by atoms with Crippen molar-refractivity contribution in [3.05, 3.63) is 285 Å². The molecule has 388 valence electrons. The number of aryl methyl sites for hydroxylation is 1. The molecule has 10 aromatic rings. The maximum Gasteiger partial charge on any atom is 0.0465 e. The molecule has 79 heavy (non-hydrogen) atoms. The highest BCUT2D eigenvalue weighted by atomic mass is 15.1. The van der Waals surface area contributed by atoms with Crippen LogP contribution in [0.3, 0.4) is 0 Å². The van der Waals surface area contributed by atoms with Crippen LogP contribution in [-0.2, 0) is 21.7 Å². The van der Waals surface area contributed by atoms with E-state index in [2.05, 4.69) is 291 Å². The van der Waals surface area contributed by atoms with Crippen LogP contribution in [0.1, 0.15) is 147 Å². The van der Waals surface area contributed by atoms with Gasteiger partial charge in [0, 0.05) is 61.7 Å². The van der Waals surface area contributed by atoms with Gasteiger partial charge >= 0.3 is 0 Å². The van der Waals surface area contributed by atoms with Crippen molar-refractivity contribution >= 4 is 34.1 Å². The van der Waals surface area contributed by atoms with E-state index in [0.29, 0.717) is 0 Å². The SMILES string of the molecule is CCCC(c1ccc(N(c2ccccc2)c2ccc3c(c2)C(C)(C)c2ccccc2-3)cc1)c1cc2c(cc1C)-c1cc3c(cc1C2(C)C)C3(CC)c1ccc(N(c2ccccc2)c2ccc3c(c2)C(C)(C)c2ccccc2-3)cc1. The summed E-state index contributed by atoms with van der Waals surface area (Å²) >= 11 is 0. The fraction of sp³-hybridized carbons (Fsp3) is 0.221. The monoisotopic (exact) mass is 1020 g/mol. The van der Waals surface area contributed by atoms with Crippen LogP contribution in [0.4, 0.5) is 34.1 Å². The molecule has 10 aromatic carbocycles. The van der Waals surface area contributed by atoms with Gasteiger partial charge in [-0.2, -0.15) is 0 Å². The van der Waals surface area contributed by atoms with E-state index in [1.165, 1.54) is 123 Å². The van der Waals surface area contributed by atoms with E-state index in [0.717, 1.165) is 30.6 Å². The van der Waals surface area contributed by atoms with Crippen molar-refractivity contribution in [1.82, 2.24) is 0 Å². The van der Waals surface area contributed by atoms with Gasteiger partial charge in [0.25, 0.3) is 0 Å². The predicted molar refractivity (Wildman–Crippen MR) is 333 cm³/mol. The Morgan fingerprint density at radius 1 is 0.342 bits per heavy atom. The van der Waals surface area contributed by atoms with Crippen LogP contribution in [-0.4, -0.2) is 0 Å². The highest BCUT2D eigenvalue weighted by Crippen LogP contribution is 2.63. The van der Waals surface area contributed by atoms with Crippen molar-refractivity contribution in [3.8, 4) is 33.4 Å². The fourth-order valence-corrected chi connectivity index (χ4v) is 15.1. The van der Waals surface area contributed by atoms with Gasteiger partial charge in [0.1, 0.15) is 0 Å². The Hall–Kier alpha value is -8.20. The van der Waals surface area contributed by atoms with Crippen molar-refractivity contribution in [1.29, 1.82) is 0 Å². The Balaban J connectivity index is 0.770. The third-order valence-corrected chi connectivity index (χ3v) is 19.4. The van der Waals surface area contributed by atoms with Crippen LogP contribution < -0.4 is 9.80 Å². The van der Waals surface area contributed by atoms with E-state index in [4.69, 9.17) is 0 Å². The van der Waals surface area contributed by atoms with E-state index in [1.807, 2.05) is 0 Å². The minimum absolute atomic E-state index is 0.0791. The van der Waals surface area contributed by atoms with Crippen LogP contribution >= 0.6 is 0 Å². The molecular formula is C77H70N2. The summed E-state index contributed by atoms with van der Waals surface area (Å²) in [5.41, 5.74) is 31.8. The minimum atomic E-state index is -0.140. The molecule has 0 N–H and O–H groups in total. The van der Waals surface area contributed by atoms with Gasteiger partial charge in [0.05, 0.1) is 0 Å². The number of nitrogens with zero attached hydrogens (tertiary/aromatic N) is 2. The van der Waals surface area contributed by atoms with Gasteiger partial charge in [-0.05, 0) is 199 Å². The van der Waals surface area contributed by atoms with Gasteiger partial charge in [0.2, 0.25) is 0 Å². The number of rotatable bonds is 12. The molecule has 14 rings (SSSR count). The van der Waals surface area contributed by atoms with Gasteiger partial charge in [-0.1, -0.05) is 201 Å². The lowest BCUT2D eigenvalue weighted by molar-refractivity contribution is 0.650. The number of hydrogen-bond donors (Lipinski definition) is 0. The molecule has 0 saturated carbocycles. The van der Waals surface area contributed by atoms with Gasteiger partial charge < -0.3 is 9.80 Å². The highest BCUT2D eigenvalue weighted by Gasteiger charge is 2.53. The molecule has 2 nitrogen and oxygen atoms in total. The molecule has 0 aromatic heterocycles. The molecule has 0 spiro atoms. The van der Waals surface area contributed by atoms with Crippen LogP contribution in [0, 0.1) is 6.92 Å². The first-order chi connectivity index (χ1) is 38.2. The molecule has 4 aliphatic carbocycles. The molecule has 0 saturated heterocycles. The van der Waals surface area contributed by atoms with Gasteiger partial charge in [-0.3, -0.25) is 0 Å². The van der Waals surface area contributed by atoms with Crippen molar-refractivity contribution < 1.29 is 0 Å². The number of hydrogen-bond acceptors (Lipinski definition) is 2. The molecule has 4 aliphatic rings. The quantitative estimate of drug-likeness (QED) is 0.120. The Morgan fingerprint density at radius 3 is 1.27 bits per heavy atom. The fourth-order valence-electron chi connectivity index (χ4n) is 15.1. The normalized spacial score (nSPS) is 17.1. The zero-order chi connectivity index (χ0) is 54.2. The first kappa shape index (κ1) is 49.1. The Morgan fingerprint density at radius 2 is 0.747 bits per heavy atom. The van der Waals surface area contributed by atoms with Crippen LogP contribution in [0.5, 0.6) is 0 Å². The third kappa shape index (κ3) is 7.29. The Kier molecular flexibility index (Phi) is 11.1. The molecular weight excluding hydrogens is 953 g/mol. The zero-order valence-electron chi connectivity index (χ0n) is 47.4. The first-order valence-corrected chi connectivity index (χ1v) is 29.0. The van der Waals surface area contributed by atoms with Gasteiger partial charge in [0.15, 0.2) is 0 Å². The summed E-state index contributed by atoms with van der Waals surface area (Å²) in [4.78, 5) is 4.87. The lowest BCUT2D eigenvalue weighted by Crippen LogP contribution is -2.17. The lowest BCUT2D eigenvalue weighted by atomic mass is 9.78. The summed E-state index contributed by atoms with van der Waals surface area (Å²) in [6, 6.07) is 83.1. The number of benzene rings is 10. The summed E-state index contributed by atoms with van der Waals surface area (Å²) < 4.78 is 0. The predicted octanol–water partition coefficient (Wildman–Crippen LogP) is 20.8. The van der Waals surface area contributed by atoms with E-state index in [-0.39, 0.29) is 27.6 Å². The van der Waals surface area contributed by atoms with Crippen molar-refractivity contribution in [2.24, 2.45) is 0 Å². The van der Waals surface area contributed by atoms with Crippen molar-refractivity contribution in [2.75, 3.05) is 9.80 Å². The number of anilines is 6. The van der Waals surface area contributed by atoms with E-state index in [9.17, 15) is 0 Å². The number of para-hydroxylation sites is 2. The molecule has 0 bridgehead atoms. The van der Waals surface area contributed by atoms with E-state index >= 15 is 0 Å². The molecule has 2 heteroatoms. The lowest BCUT2D eigenvalue weighted by Gasteiger charge is -2.29. The Bertz CT molecular complexity index is 4050. The highest BCUT2D eigenvalue weighted by molar-refractivity contribution is 5.90.